The molecule has 4 rings (SSSR count). The lowest BCUT2D eigenvalue weighted by Gasteiger charge is -2.21. The zero-order chi connectivity index (χ0) is 24.4. The molecular weight excluding hydrogens is 475 g/mol. The molecule has 1 aliphatic carbocycles. The summed E-state index contributed by atoms with van der Waals surface area (Å²) in [6, 6.07) is 5.31. The highest BCUT2D eigenvalue weighted by atomic mass is 35.5. The minimum absolute atomic E-state index is 0.0559. The van der Waals surface area contributed by atoms with Crippen LogP contribution in [0, 0.1) is 0 Å². The summed E-state index contributed by atoms with van der Waals surface area (Å²) in [5.74, 6) is 0.741. The number of methoxy groups -OCH3 is 2. The van der Waals surface area contributed by atoms with Gasteiger partial charge < -0.3 is 19.8 Å². The first-order valence-electron chi connectivity index (χ1n) is 10.9. The topological polar surface area (TPSA) is 91.7 Å². The third-order valence-electron chi connectivity index (χ3n) is 6.20. The normalized spacial score (nSPS) is 14.9. The lowest BCUT2D eigenvalue weighted by molar-refractivity contribution is 0.395. The van der Waals surface area contributed by atoms with Crippen molar-refractivity contribution in [1.29, 1.82) is 0 Å². The molecule has 2 heterocycles. The van der Waals surface area contributed by atoms with Crippen LogP contribution < -0.4 is 20.8 Å². The quantitative estimate of drug-likeness (QED) is 0.450. The predicted octanol–water partition coefficient (Wildman–Crippen LogP) is 5.50. The Labute approximate surface area is 207 Å². The second-order valence-electron chi connectivity index (χ2n) is 8.09. The summed E-state index contributed by atoms with van der Waals surface area (Å²) in [7, 11) is 4.67. The molecule has 0 bridgehead atoms. The number of pyridine rings is 2. The van der Waals surface area contributed by atoms with Crippen LogP contribution in [0.3, 0.4) is 0 Å². The molecule has 9 heteroatoms. The number of rotatable bonds is 6. The summed E-state index contributed by atoms with van der Waals surface area (Å²) in [5.41, 5.74) is 8.44. The molecule has 0 amide bonds. The molecule has 1 aromatic carbocycles. The summed E-state index contributed by atoms with van der Waals surface area (Å²) in [6.45, 7) is 0. The van der Waals surface area contributed by atoms with Gasteiger partial charge in [0.2, 0.25) is 0 Å². The number of hydrogen-bond donors (Lipinski definition) is 1. The molecule has 0 saturated heterocycles. The molecule has 2 N–H and O–H groups in total. The van der Waals surface area contributed by atoms with Crippen molar-refractivity contribution in [1.82, 2.24) is 9.55 Å². The fourth-order valence-corrected chi connectivity index (χ4v) is 5.25. The molecule has 1 saturated carbocycles. The van der Waals surface area contributed by atoms with E-state index >= 15 is 0 Å². The molecule has 1 fully saturated rings. The van der Waals surface area contributed by atoms with Gasteiger partial charge in [0.1, 0.15) is 11.5 Å². The van der Waals surface area contributed by atoms with Crippen molar-refractivity contribution in [2.24, 2.45) is 10.7 Å². The van der Waals surface area contributed by atoms with Crippen LogP contribution in [-0.2, 0) is 0 Å². The molecule has 0 aliphatic heterocycles. The van der Waals surface area contributed by atoms with Gasteiger partial charge in [-0.15, -0.1) is 0 Å². The standard InChI is InChI=1S/C25H26Cl2N4O3/c1-29-12-15(11-28)18-9-19-14(13-30-18)8-17(25(32)31(19)16-6-4-5-7-16)22-23(26)20(33-2)10-21(34-3)24(22)27/h8-13,16H,4-7,28H2,1-3H3. The molecule has 0 unspecified atom stereocenters. The average molecular weight is 501 g/mol. The molecule has 0 spiro atoms. The third-order valence-corrected chi connectivity index (χ3v) is 6.95. The number of aromatic nitrogens is 2. The SMILES string of the molecule is CN=CC(=CN)c1cc2c(cn1)cc(-c1c(Cl)c(OC)cc(OC)c1Cl)c(=O)n2C1CCCC1. The van der Waals surface area contributed by atoms with Gasteiger partial charge in [0.15, 0.2) is 0 Å². The van der Waals surface area contributed by atoms with Crippen LogP contribution in [0.2, 0.25) is 10.0 Å². The van der Waals surface area contributed by atoms with Gasteiger partial charge >= 0.3 is 0 Å². The number of nitrogens with two attached hydrogens (primary N) is 1. The van der Waals surface area contributed by atoms with Gasteiger partial charge in [-0.05, 0) is 25.0 Å². The first-order chi connectivity index (χ1) is 16.4. The van der Waals surface area contributed by atoms with Crippen LogP contribution in [0.1, 0.15) is 37.4 Å². The minimum atomic E-state index is -0.182. The Morgan fingerprint density at radius 1 is 1.15 bits per heavy atom. The lowest BCUT2D eigenvalue weighted by atomic mass is 10.0. The number of ether oxygens (including phenoxy) is 2. The zero-order valence-corrected chi connectivity index (χ0v) is 20.8. The van der Waals surface area contributed by atoms with Crippen molar-refractivity contribution in [2.75, 3.05) is 21.3 Å². The van der Waals surface area contributed by atoms with Gasteiger partial charge in [-0.25, -0.2) is 0 Å². The van der Waals surface area contributed by atoms with E-state index in [2.05, 4.69) is 9.98 Å². The maximum absolute atomic E-state index is 14.0. The highest BCUT2D eigenvalue weighted by Crippen LogP contribution is 2.46. The van der Waals surface area contributed by atoms with Crippen molar-refractivity contribution in [3.8, 4) is 22.6 Å². The van der Waals surface area contributed by atoms with Crippen LogP contribution in [0.5, 0.6) is 11.5 Å². The lowest BCUT2D eigenvalue weighted by Crippen LogP contribution is -2.25. The number of halogens is 2. The van der Waals surface area contributed by atoms with E-state index in [0.717, 1.165) is 36.6 Å². The summed E-state index contributed by atoms with van der Waals surface area (Å²) >= 11 is 13.3. The van der Waals surface area contributed by atoms with E-state index in [9.17, 15) is 4.79 Å². The number of allylic oxidation sites excluding steroid dienone is 1. The molecular formula is C25H26Cl2N4O3. The van der Waals surface area contributed by atoms with Crippen LogP contribution in [0.15, 0.2) is 40.4 Å². The largest absolute Gasteiger partial charge is 0.495 e. The van der Waals surface area contributed by atoms with E-state index in [1.807, 2.05) is 10.6 Å². The van der Waals surface area contributed by atoms with Crippen LogP contribution >= 0.6 is 23.2 Å². The maximum atomic E-state index is 14.0. The molecule has 2 aromatic heterocycles. The molecule has 7 nitrogen and oxygen atoms in total. The van der Waals surface area contributed by atoms with E-state index in [-0.39, 0.29) is 21.6 Å². The molecule has 0 radical (unpaired) electrons. The van der Waals surface area contributed by atoms with Crippen LogP contribution in [-0.4, -0.2) is 37.0 Å². The highest BCUT2D eigenvalue weighted by molar-refractivity contribution is 6.41. The Balaban J connectivity index is 2.07. The monoisotopic (exact) mass is 500 g/mol. The molecule has 1 aliphatic rings. The second-order valence-corrected chi connectivity index (χ2v) is 8.85. The van der Waals surface area contributed by atoms with E-state index in [4.69, 9.17) is 38.4 Å². The van der Waals surface area contributed by atoms with E-state index in [0.29, 0.717) is 33.9 Å². The van der Waals surface area contributed by atoms with E-state index in [1.54, 1.807) is 31.6 Å². The van der Waals surface area contributed by atoms with Gasteiger partial charge in [-0.1, -0.05) is 36.0 Å². The van der Waals surface area contributed by atoms with Crippen LogP contribution in [0.4, 0.5) is 0 Å². The summed E-state index contributed by atoms with van der Waals surface area (Å²) in [5, 5.41) is 1.28. The molecule has 34 heavy (non-hydrogen) atoms. The van der Waals surface area contributed by atoms with Gasteiger partial charge in [-0.3, -0.25) is 14.8 Å². The maximum Gasteiger partial charge on any atom is 0.259 e. The Bertz CT molecular complexity index is 1330. The van der Waals surface area contributed by atoms with Crippen molar-refractivity contribution < 1.29 is 9.47 Å². The molecule has 3 aromatic rings. The van der Waals surface area contributed by atoms with Gasteiger partial charge in [-0.2, -0.15) is 0 Å². The van der Waals surface area contributed by atoms with Gasteiger partial charge in [0, 0.05) is 54.3 Å². The number of fused-ring (bicyclic) bond motifs is 1. The summed E-state index contributed by atoms with van der Waals surface area (Å²) < 4.78 is 12.7. The number of aliphatic imine (C=N–C) groups is 1. The zero-order valence-electron chi connectivity index (χ0n) is 19.3. The minimum Gasteiger partial charge on any atom is -0.495 e. The smallest absolute Gasteiger partial charge is 0.259 e. The first-order valence-corrected chi connectivity index (χ1v) is 11.7. The second kappa shape index (κ2) is 10.1. The van der Waals surface area contributed by atoms with Crippen molar-refractivity contribution in [3.05, 3.63) is 56.7 Å². The fraction of sp³-hybridized carbons (Fsp3) is 0.320. The van der Waals surface area contributed by atoms with Crippen molar-refractivity contribution in [3.63, 3.8) is 0 Å². The van der Waals surface area contributed by atoms with E-state index < -0.39 is 0 Å². The van der Waals surface area contributed by atoms with Gasteiger partial charge in [0.05, 0.1) is 41.0 Å². The number of benzene rings is 1. The van der Waals surface area contributed by atoms with Crippen molar-refractivity contribution >= 4 is 45.9 Å². The highest BCUT2D eigenvalue weighted by Gasteiger charge is 2.26. The molecule has 0 atom stereocenters. The summed E-state index contributed by atoms with van der Waals surface area (Å²) in [4.78, 5) is 22.7. The van der Waals surface area contributed by atoms with Crippen LogP contribution in [0.25, 0.3) is 27.6 Å². The number of nitrogens with zero attached hydrogens (tertiary/aromatic N) is 3. The Morgan fingerprint density at radius 3 is 2.35 bits per heavy atom. The fourth-order valence-electron chi connectivity index (χ4n) is 4.55. The summed E-state index contributed by atoms with van der Waals surface area (Å²) in [6.07, 6.45) is 8.77. The number of hydrogen-bond acceptors (Lipinski definition) is 6. The Morgan fingerprint density at radius 2 is 1.79 bits per heavy atom. The molecule has 178 valence electrons. The third kappa shape index (κ3) is 4.14. The average Bonchev–Trinajstić information content (AvgIpc) is 3.37. The predicted molar refractivity (Wildman–Crippen MR) is 139 cm³/mol. The van der Waals surface area contributed by atoms with Crippen molar-refractivity contribution in [2.45, 2.75) is 31.7 Å². The first kappa shape index (κ1) is 24.1. The van der Waals surface area contributed by atoms with E-state index in [1.165, 1.54) is 20.4 Å². The Hall–Kier alpha value is -3.03. The Kier molecular flexibility index (Phi) is 7.14. The van der Waals surface area contributed by atoms with Gasteiger partial charge in [0.25, 0.3) is 5.56 Å².